The minimum atomic E-state index is -0.613. The van der Waals surface area contributed by atoms with E-state index in [0.29, 0.717) is 24.4 Å². The number of hydrogen-bond donors (Lipinski definition) is 2. The molecule has 0 radical (unpaired) electrons. The molecule has 2 aliphatic rings. The van der Waals surface area contributed by atoms with E-state index < -0.39 is 12.0 Å². The number of rotatable bonds is 8. The molecule has 0 spiro atoms. The van der Waals surface area contributed by atoms with E-state index in [1.54, 1.807) is 6.92 Å². The number of carbonyl (C=O) groups excluding carboxylic acids is 2. The Morgan fingerprint density at radius 2 is 1.74 bits per heavy atom. The van der Waals surface area contributed by atoms with Gasteiger partial charge in [-0.25, -0.2) is 9.59 Å². The van der Waals surface area contributed by atoms with Gasteiger partial charge in [0.25, 0.3) is 0 Å². The van der Waals surface area contributed by atoms with E-state index in [-0.39, 0.29) is 12.6 Å². The molecular weight excluding hydrogens is 468 g/mol. The van der Waals surface area contributed by atoms with Crippen molar-refractivity contribution in [1.82, 2.24) is 15.5 Å². The topological polar surface area (TPSA) is 83.1 Å². The molecule has 0 saturated carbocycles. The van der Waals surface area contributed by atoms with Gasteiger partial charge in [-0.15, -0.1) is 0 Å². The standard InChI is InChI=1S/C26H31ClN4O4/c1-3-34-19-11-9-18(10-12-19)24-23(25(32)35-4-2)21(28-26(33)29-24)17-30-13-15-31(16-14-30)22-8-6-5-7-20(22)27/h5-12,24H,3-4,13-17H2,1-2H3,(H2,28,29,33)/t24-/m0/s1. The number of hydrogen-bond acceptors (Lipinski definition) is 6. The van der Waals surface area contributed by atoms with Crippen LogP contribution in [0.1, 0.15) is 25.5 Å². The second-order valence-corrected chi connectivity index (χ2v) is 8.77. The summed E-state index contributed by atoms with van der Waals surface area (Å²) in [6.45, 7) is 8.05. The first-order valence-electron chi connectivity index (χ1n) is 11.9. The highest BCUT2D eigenvalue weighted by atomic mass is 35.5. The van der Waals surface area contributed by atoms with Gasteiger partial charge in [-0.1, -0.05) is 35.9 Å². The highest BCUT2D eigenvalue weighted by molar-refractivity contribution is 6.33. The molecule has 2 aromatic carbocycles. The van der Waals surface area contributed by atoms with Crippen molar-refractivity contribution in [2.45, 2.75) is 19.9 Å². The molecular formula is C26H31ClN4O4. The van der Waals surface area contributed by atoms with Gasteiger partial charge in [0.1, 0.15) is 5.75 Å². The van der Waals surface area contributed by atoms with E-state index in [2.05, 4.69) is 20.4 Å². The quantitative estimate of drug-likeness (QED) is 0.540. The van der Waals surface area contributed by atoms with Crippen molar-refractivity contribution in [3.8, 4) is 5.75 Å². The Morgan fingerprint density at radius 3 is 2.40 bits per heavy atom. The van der Waals surface area contributed by atoms with Crippen molar-refractivity contribution in [3.63, 3.8) is 0 Å². The molecule has 2 heterocycles. The summed E-state index contributed by atoms with van der Waals surface area (Å²) in [6.07, 6.45) is 0. The number of carbonyl (C=O) groups is 2. The van der Waals surface area contributed by atoms with Gasteiger partial charge in [-0.05, 0) is 43.7 Å². The number of nitrogens with zero attached hydrogens (tertiary/aromatic N) is 2. The van der Waals surface area contributed by atoms with Crippen LogP contribution in [0, 0.1) is 0 Å². The van der Waals surface area contributed by atoms with Crippen LogP contribution in [0.5, 0.6) is 5.75 Å². The molecule has 1 saturated heterocycles. The third kappa shape index (κ3) is 5.89. The Bertz CT molecular complexity index is 1080. The molecule has 2 amide bonds. The third-order valence-corrected chi connectivity index (χ3v) is 6.44. The van der Waals surface area contributed by atoms with Gasteiger partial charge in [0.05, 0.1) is 35.5 Å². The molecule has 0 aliphatic carbocycles. The number of urea groups is 1. The molecule has 0 unspecified atom stereocenters. The summed E-state index contributed by atoms with van der Waals surface area (Å²) < 4.78 is 10.9. The van der Waals surface area contributed by atoms with E-state index in [1.165, 1.54) is 0 Å². The fourth-order valence-corrected chi connectivity index (χ4v) is 4.70. The zero-order chi connectivity index (χ0) is 24.8. The fraction of sp³-hybridized carbons (Fsp3) is 0.385. The van der Waals surface area contributed by atoms with Gasteiger partial charge in [0.2, 0.25) is 0 Å². The van der Waals surface area contributed by atoms with Crippen molar-refractivity contribution in [2.75, 3.05) is 50.8 Å². The Labute approximate surface area is 210 Å². The first-order chi connectivity index (χ1) is 17.0. The van der Waals surface area contributed by atoms with Gasteiger partial charge < -0.3 is 25.0 Å². The molecule has 35 heavy (non-hydrogen) atoms. The Kier molecular flexibility index (Phi) is 8.15. The van der Waals surface area contributed by atoms with Crippen molar-refractivity contribution in [2.24, 2.45) is 0 Å². The van der Waals surface area contributed by atoms with Crippen molar-refractivity contribution in [3.05, 3.63) is 70.4 Å². The average Bonchev–Trinajstić information content (AvgIpc) is 2.85. The minimum absolute atomic E-state index is 0.246. The normalized spacial score (nSPS) is 18.7. The summed E-state index contributed by atoms with van der Waals surface area (Å²) in [4.78, 5) is 30.1. The summed E-state index contributed by atoms with van der Waals surface area (Å²) in [5.41, 5.74) is 2.79. The molecule has 4 rings (SSSR count). The predicted molar refractivity (Wildman–Crippen MR) is 136 cm³/mol. The van der Waals surface area contributed by atoms with Crippen LogP contribution in [0.15, 0.2) is 59.8 Å². The summed E-state index contributed by atoms with van der Waals surface area (Å²) in [5, 5.41) is 6.48. The second kappa shape index (κ2) is 11.5. The fourth-order valence-electron chi connectivity index (χ4n) is 4.44. The highest BCUT2D eigenvalue weighted by Gasteiger charge is 2.34. The minimum Gasteiger partial charge on any atom is -0.494 e. The summed E-state index contributed by atoms with van der Waals surface area (Å²) in [7, 11) is 0. The third-order valence-electron chi connectivity index (χ3n) is 6.12. The van der Waals surface area contributed by atoms with Crippen LogP contribution in [0.3, 0.4) is 0 Å². The zero-order valence-corrected chi connectivity index (χ0v) is 20.8. The number of amides is 2. The number of anilines is 1. The van der Waals surface area contributed by atoms with E-state index in [9.17, 15) is 9.59 Å². The Morgan fingerprint density at radius 1 is 1.03 bits per heavy atom. The van der Waals surface area contributed by atoms with E-state index in [1.807, 2.05) is 55.5 Å². The van der Waals surface area contributed by atoms with Crippen molar-refractivity contribution in [1.29, 1.82) is 0 Å². The largest absolute Gasteiger partial charge is 0.494 e. The molecule has 8 nitrogen and oxygen atoms in total. The lowest BCUT2D eigenvalue weighted by Gasteiger charge is -2.38. The number of para-hydroxylation sites is 1. The van der Waals surface area contributed by atoms with Crippen LogP contribution >= 0.6 is 11.6 Å². The molecule has 2 aromatic rings. The SMILES string of the molecule is CCOC(=O)C1=C(CN2CCN(c3ccccc3Cl)CC2)NC(=O)N[C@H]1c1ccc(OCC)cc1. The number of esters is 1. The number of ether oxygens (including phenoxy) is 2. The highest BCUT2D eigenvalue weighted by Crippen LogP contribution is 2.30. The molecule has 1 atom stereocenters. The molecule has 2 N–H and O–H groups in total. The van der Waals surface area contributed by atoms with Crippen molar-refractivity contribution < 1.29 is 19.1 Å². The van der Waals surface area contributed by atoms with Gasteiger partial charge >= 0.3 is 12.0 Å². The second-order valence-electron chi connectivity index (χ2n) is 8.36. The maximum atomic E-state index is 13.0. The summed E-state index contributed by atoms with van der Waals surface area (Å²) in [6, 6.07) is 14.3. The van der Waals surface area contributed by atoms with Crippen LogP contribution in [-0.4, -0.2) is 62.8 Å². The lowest BCUT2D eigenvalue weighted by atomic mass is 9.94. The van der Waals surface area contributed by atoms with Gasteiger partial charge in [-0.3, -0.25) is 4.90 Å². The van der Waals surface area contributed by atoms with E-state index >= 15 is 0 Å². The smallest absolute Gasteiger partial charge is 0.338 e. The monoisotopic (exact) mass is 498 g/mol. The average molecular weight is 499 g/mol. The number of benzene rings is 2. The number of nitrogens with one attached hydrogen (secondary N) is 2. The first kappa shape index (κ1) is 24.9. The van der Waals surface area contributed by atoms with Gasteiger partial charge in [-0.2, -0.15) is 0 Å². The zero-order valence-electron chi connectivity index (χ0n) is 20.1. The van der Waals surface area contributed by atoms with Crippen molar-refractivity contribution >= 4 is 29.3 Å². The number of halogens is 1. The molecule has 0 bridgehead atoms. The van der Waals surface area contributed by atoms with E-state index in [0.717, 1.165) is 48.2 Å². The molecule has 9 heteroatoms. The maximum absolute atomic E-state index is 13.0. The molecule has 186 valence electrons. The summed E-state index contributed by atoms with van der Waals surface area (Å²) >= 11 is 6.37. The number of piperazine rings is 1. The van der Waals surface area contributed by atoms with Crippen LogP contribution in [0.4, 0.5) is 10.5 Å². The first-order valence-corrected chi connectivity index (χ1v) is 12.3. The molecule has 1 fully saturated rings. The lowest BCUT2D eigenvalue weighted by Crippen LogP contribution is -2.51. The summed E-state index contributed by atoms with van der Waals surface area (Å²) in [5.74, 6) is 0.290. The Balaban J connectivity index is 1.55. The van der Waals surface area contributed by atoms with Gasteiger partial charge in [0.15, 0.2) is 0 Å². The predicted octanol–water partition coefficient (Wildman–Crippen LogP) is 3.73. The Hall–Kier alpha value is -3.23. The lowest BCUT2D eigenvalue weighted by molar-refractivity contribution is -0.139. The maximum Gasteiger partial charge on any atom is 0.338 e. The van der Waals surface area contributed by atoms with E-state index in [4.69, 9.17) is 21.1 Å². The van der Waals surface area contributed by atoms with Crippen LogP contribution < -0.4 is 20.3 Å². The molecule has 2 aliphatic heterocycles. The van der Waals surface area contributed by atoms with Crippen LogP contribution in [0.2, 0.25) is 5.02 Å². The van der Waals surface area contributed by atoms with Crippen LogP contribution in [-0.2, 0) is 9.53 Å². The van der Waals surface area contributed by atoms with Gasteiger partial charge in [0, 0.05) is 38.4 Å². The van der Waals surface area contributed by atoms with Crippen LogP contribution in [0.25, 0.3) is 0 Å². The molecule has 0 aromatic heterocycles.